The minimum absolute atomic E-state index is 0.0504. The summed E-state index contributed by atoms with van der Waals surface area (Å²) < 4.78 is 2.19. The number of hydrogen-bond acceptors (Lipinski definition) is 4. The van der Waals surface area contributed by atoms with Gasteiger partial charge >= 0.3 is 0 Å². The average molecular weight is 497 g/mol. The number of anilines is 1. The molecule has 0 unspecified atom stereocenters. The summed E-state index contributed by atoms with van der Waals surface area (Å²) in [6.45, 7) is 3.14. The fourth-order valence-corrected chi connectivity index (χ4v) is 4.89. The smallest absolute Gasteiger partial charge is 0.226 e. The summed E-state index contributed by atoms with van der Waals surface area (Å²) in [4.78, 5) is 24.0. The van der Waals surface area contributed by atoms with Crippen molar-refractivity contribution in [1.29, 1.82) is 0 Å². The maximum Gasteiger partial charge on any atom is 0.226 e. The van der Waals surface area contributed by atoms with Gasteiger partial charge in [-0.1, -0.05) is 29.8 Å². The third-order valence-electron chi connectivity index (χ3n) is 6.34. The van der Waals surface area contributed by atoms with Gasteiger partial charge in [-0.05, 0) is 67.7 Å². The van der Waals surface area contributed by atoms with Crippen molar-refractivity contribution < 1.29 is 4.79 Å². The van der Waals surface area contributed by atoms with Gasteiger partial charge in [0, 0.05) is 42.9 Å². The number of hydrogen-bond donors (Lipinski definition) is 2. The van der Waals surface area contributed by atoms with Crippen LogP contribution in [0.1, 0.15) is 41.1 Å². The monoisotopic (exact) mass is 496 g/mol. The molecule has 1 saturated heterocycles. The number of aryl methyl sites for hydroxylation is 1. The molecule has 0 aliphatic carbocycles. The van der Waals surface area contributed by atoms with Crippen LogP contribution in [0.15, 0.2) is 91.4 Å². The van der Waals surface area contributed by atoms with Gasteiger partial charge in [0.1, 0.15) is 0 Å². The van der Waals surface area contributed by atoms with Crippen molar-refractivity contribution in [3.05, 3.63) is 114 Å². The summed E-state index contributed by atoms with van der Waals surface area (Å²) in [6, 6.07) is 23.5. The maximum atomic E-state index is 12.8. The second-order valence-corrected chi connectivity index (χ2v) is 9.25. The van der Waals surface area contributed by atoms with E-state index in [-0.39, 0.29) is 18.0 Å². The lowest BCUT2D eigenvalue weighted by atomic mass is 10.0. The van der Waals surface area contributed by atoms with E-state index in [2.05, 4.69) is 42.3 Å². The van der Waals surface area contributed by atoms with Gasteiger partial charge in [-0.3, -0.25) is 14.8 Å². The highest BCUT2D eigenvalue weighted by molar-refractivity contribution is 7.80. The first-order valence-corrected chi connectivity index (χ1v) is 12.4. The first-order valence-electron chi connectivity index (χ1n) is 12.0. The molecule has 0 radical (unpaired) electrons. The van der Waals surface area contributed by atoms with Crippen LogP contribution in [0.5, 0.6) is 0 Å². The minimum atomic E-state index is -0.142. The van der Waals surface area contributed by atoms with Gasteiger partial charge in [0.2, 0.25) is 5.91 Å². The Morgan fingerprint density at radius 3 is 2.50 bits per heavy atom. The zero-order chi connectivity index (χ0) is 24.9. The molecule has 0 saturated carbocycles. The highest BCUT2D eigenvalue weighted by Crippen LogP contribution is 2.39. The normalized spacial score (nSPS) is 17.1. The summed E-state index contributed by atoms with van der Waals surface area (Å²) in [5, 5.41) is 7.07. The topological polar surface area (TPSA) is 75.1 Å². The summed E-state index contributed by atoms with van der Waals surface area (Å²) in [5.41, 5.74) is 4.91. The van der Waals surface area contributed by atoms with E-state index in [1.807, 2.05) is 73.7 Å². The predicted octanol–water partition coefficient (Wildman–Crippen LogP) is 4.64. The first kappa shape index (κ1) is 23.7. The molecular formula is C28H28N6OS. The van der Waals surface area contributed by atoms with Gasteiger partial charge in [0.15, 0.2) is 5.11 Å². The number of nitrogens with one attached hydrogen (secondary N) is 2. The molecule has 2 N–H and O–H groups in total. The van der Waals surface area contributed by atoms with E-state index in [9.17, 15) is 4.79 Å². The molecule has 1 aliphatic rings. The number of thiocarbonyl (C=S) groups is 1. The van der Waals surface area contributed by atoms with E-state index in [0.717, 1.165) is 28.3 Å². The molecule has 7 nitrogen and oxygen atoms in total. The van der Waals surface area contributed by atoms with E-state index in [1.165, 1.54) is 0 Å². The van der Waals surface area contributed by atoms with Crippen LogP contribution in [0.25, 0.3) is 0 Å². The third-order valence-corrected chi connectivity index (χ3v) is 6.69. The molecule has 1 amide bonds. The molecule has 0 bridgehead atoms. The summed E-state index contributed by atoms with van der Waals surface area (Å²) in [5.74, 6) is -0.0504. The zero-order valence-corrected chi connectivity index (χ0v) is 20.9. The van der Waals surface area contributed by atoms with E-state index < -0.39 is 0 Å². The Bertz CT molecular complexity index is 1320. The van der Waals surface area contributed by atoms with Crippen molar-refractivity contribution in [3.63, 3.8) is 0 Å². The number of pyridine rings is 2. The number of carbonyl (C=O) groups is 1. The Hall–Kier alpha value is -4.04. The number of nitrogens with zero attached hydrogens (tertiary/aromatic N) is 4. The quantitative estimate of drug-likeness (QED) is 0.346. The van der Waals surface area contributed by atoms with Crippen molar-refractivity contribution in [3.8, 4) is 0 Å². The Morgan fingerprint density at radius 2 is 1.78 bits per heavy atom. The minimum Gasteiger partial charge on any atom is -0.352 e. The number of aromatic nitrogens is 3. The molecule has 2 atom stereocenters. The highest BCUT2D eigenvalue weighted by Gasteiger charge is 2.41. The zero-order valence-electron chi connectivity index (χ0n) is 20.0. The molecule has 182 valence electrons. The number of rotatable bonds is 8. The largest absolute Gasteiger partial charge is 0.352 e. The second-order valence-electron chi connectivity index (χ2n) is 8.87. The Balaban J connectivity index is 1.39. The molecule has 5 rings (SSSR count). The van der Waals surface area contributed by atoms with Crippen LogP contribution in [0, 0.1) is 6.92 Å². The Kier molecular flexibility index (Phi) is 7.04. The van der Waals surface area contributed by atoms with E-state index in [1.54, 1.807) is 12.4 Å². The molecule has 8 heteroatoms. The lowest BCUT2D eigenvalue weighted by Crippen LogP contribution is -2.33. The van der Waals surface area contributed by atoms with Crippen molar-refractivity contribution in [1.82, 2.24) is 24.8 Å². The highest BCUT2D eigenvalue weighted by atomic mass is 32.1. The first-order chi connectivity index (χ1) is 17.6. The van der Waals surface area contributed by atoms with Crippen molar-refractivity contribution in [2.75, 3.05) is 11.9 Å². The Labute approximate surface area is 216 Å². The molecular weight excluding hydrogens is 468 g/mol. The van der Waals surface area contributed by atoms with Crippen LogP contribution in [0.2, 0.25) is 0 Å². The molecule has 4 heterocycles. The lowest BCUT2D eigenvalue weighted by Gasteiger charge is -2.28. The third kappa shape index (κ3) is 5.28. The molecule has 36 heavy (non-hydrogen) atoms. The molecule has 1 fully saturated rings. The Morgan fingerprint density at radius 1 is 1.00 bits per heavy atom. The van der Waals surface area contributed by atoms with Crippen molar-refractivity contribution >= 4 is 28.9 Å². The van der Waals surface area contributed by atoms with E-state index in [4.69, 9.17) is 12.2 Å². The van der Waals surface area contributed by atoms with Crippen LogP contribution in [0.4, 0.5) is 5.69 Å². The van der Waals surface area contributed by atoms with Crippen LogP contribution < -0.4 is 10.6 Å². The lowest BCUT2D eigenvalue weighted by molar-refractivity contribution is -0.116. The van der Waals surface area contributed by atoms with Crippen LogP contribution in [-0.2, 0) is 11.3 Å². The van der Waals surface area contributed by atoms with E-state index >= 15 is 0 Å². The average Bonchev–Trinajstić information content (AvgIpc) is 3.48. The summed E-state index contributed by atoms with van der Waals surface area (Å²) >= 11 is 5.77. The van der Waals surface area contributed by atoms with Gasteiger partial charge in [-0.15, -0.1) is 0 Å². The second kappa shape index (κ2) is 10.7. The van der Waals surface area contributed by atoms with Crippen molar-refractivity contribution in [2.45, 2.75) is 32.0 Å². The summed E-state index contributed by atoms with van der Waals surface area (Å²) in [6.07, 6.45) is 5.97. The van der Waals surface area contributed by atoms with Crippen LogP contribution in [0.3, 0.4) is 0 Å². The number of carbonyl (C=O) groups excluding carboxylic acids is 1. The van der Waals surface area contributed by atoms with Gasteiger partial charge in [0.25, 0.3) is 0 Å². The molecule has 1 aliphatic heterocycles. The van der Waals surface area contributed by atoms with Gasteiger partial charge in [0.05, 0.1) is 30.0 Å². The van der Waals surface area contributed by atoms with Crippen LogP contribution in [-0.4, -0.2) is 37.0 Å². The molecule has 4 aromatic rings. The molecule has 1 aromatic carbocycles. The van der Waals surface area contributed by atoms with Gasteiger partial charge in [-0.2, -0.15) is 0 Å². The number of benzene rings is 1. The van der Waals surface area contributed by atoms with Crippen LogP contribution >= 0.6 is 12.2 Å². The molecule has 0 spiro atoms. The molecule has 3 aromatic heterocycles. The SMILES string of the molecule is Cc1ccc(NC(=O)CCN2C(=S)N[C@@H](c3ccccn3)[C@H]2c2cccn2Cc2ccccn2)cc1. The maximum absolute atomic E-state index is 12.8. The van der Waals surface area contributed by atoms with Gasteiger partial charge in [-0.25, -0.2) is 0 Å². The van der Waals surface area contributed by atoms with Crippen molar-refractivity contribution in [2.24, 2.45) is 0 Å². The van der Waals surface area contributed by atoms with E-state index in [0.29, 0.717) is 24.6 Å². The fourth-order valence-electron chi connectivity index (χ4n) is 4.56. The fraction of sp³-hybridized carbons (Fsp3) is 0.214. The summed E-state index contributed by atoms with van der Waals surface area (Å²) in [7, 11) is 0. The standard InChI is InChI=1S/C28H28N6OS/c1-20-10-12-21(13-11-20)31-25(35)14-18-34-27(26(32-28(34)36)23-8-3-5-16-30-23)24-9-6-17-33(24)19-22-7-2-4-15-29-22/h2-13,15-17,26-27H,14,18-19H2,1H3,(H,31,35)(H,32,36)/t26-,27+/m0/s1. The van der Waals surface area contributed by atoms with Gasteiger partial charge < -0.3 is 20.1 Å². The predicted molar refractivity (Wildman–Crippen MR) is 144 cm³/mol. The number of amides is 1.